The first-order chi connectivity index (χ1) is 18.7. The van der Waals surface area contributed by atoms with Crippen molar-refractivity contribution >= 4 is 11.8 Å². The standard InChI is InChI=1S/C26H27NO4.C7H8O/c1-16-8-10-18(11-9-16)15-31-26(29)21-14-22-23(27-17(21)2)12-19(13-24(22)28)20-6-4-5-7-25(20)30-3;1-6-3-2-4-7(8)5-6/h4-11,19,27H,12-15H2,1-3H3;2-5,8H,1H3/t19-;/m1./s1. The molecular weight excluding hydrogens is 490 g/mol. The monoisotopic (exact) mass is 525 g/mol. The largest absolute Gasteiger partial charge is 0.508 e. The molecule has 0 saturated carbocycles. The average molecular weight is 526 g/mol. The van der Waals surface area contributed by atoms with Crippen molar-refractivity contribution in [2.75, 3.05) is 7.11 Å². The fraction of sp³-hybridized carbons (Fsp3) is 0.273. The maximum absolute atomic E-state index is 13.0. The molecule has 3 aromatic rings. The molecule has 5 rings (SSSR count). The SMILES string of the molecule is COc1ccccc1[C@H]1CC(=O)C2=C(C1)NC(C)=C(C(=O)OCc1ccc(C)cc1)C2.Cc1cccc(O)c1. The zero-order valence-corrected chi connectivity index (χ0v) is 22.9. The van der Waals surface area contributed by atoms with Crippen LogP contribution in [0.15, 0.2) is 95.3 Å². The average Bonchev–Trinajstić information content (AvgIpc) is 2.92. The number of carbonyl (C=O) groups excluding carboxylic acids is 2. The molecule has 1 atom stereocenters. The minimum absolute atomic E-state index is 0.0535. The molecule has 39 heavy (non-hydrogen) atoms. The highest BCUT2D eigenvalue weighted by Crippen LogP contribution is 2.41. The van der Waals surface area contributed by atoms with E-state index in [9.17, 15) is 9.59 Å². The van der Waals surface area contributed by atoms with Gasteiger partial charge in [-0.2, -0.15) is 0 Å². The minimum atomic E-state index is -0.378. The van der Waals surface area contributed by atoms with Gasteiger partial charge in [0.1, 0.15) is 18.1 Å². The lowest BCUT2D eigenvalue weighted by Crippen LogP contribution is -2.31. The van der Waals surface area contributed by atoms with Crippen LogP contribution >= 0.6 is 0 Å². The van der Waals surface area contributed by atoms with Gasteiger partial charge in [-0.05, 0) is 62.1 Å². The lowest BCUT2D eigenvalue weighted by Gasteiger charge is -2.32. The molecular formula is C33H35NO5. The topological polar surface area (TPSA) is 84.9 Å². The fourth-order valence-corrected chi connectivity index (χ4v) is 4.90. The first-order valence-corrected chi connectivity index (χ1v) is 13.1. The molecule has 0 aromatic heterocycles. The summed E-state index contributed by atoms with van der Waals surface area (Å²) in [7, 11) is 1.65. The van der Waals surface area contributed by atoms with Crippen molar-refractivity contribution in [1.82, 2.24) is 5.32 Å². The summed E-state index contributed by atoms with van der Waals surface area (Å²) in [4.78, 5) is 25.7. The highest BCUT2D eigenvalue weighted by atomic mass is 16.5. The smallest absolute Gasteiger partial charge is 0.336 e. The summed E-state index contributed by atoms with van der Waals surface area (Å²) in [6.45, 7) is 6.04. The van der Waals surface area contributed by atoms with Crippen LogP contribution in [0.1, 0.15) is 54.4 Å². The number of allylic oxidation sites excluding steroid dienone is 3. The van der Waals surface area contributed by atoms with Crippen LogP contribution in [-0.4, -0.2) is 24.0 Å². The number of carbonyl (C=O) groups is 2. The molecule has 202 valence electrons. The number of esters is 1. The number of ether oxygens (including phenoxy) is 2. The Morgan fingerprint density at radius 1 is 0.949 bits per heavy atom. The summed E-state index contributed by atoms with van der Waals surface area (Å²) >= 11 is 0. The maximum Gasteiger partial charge on any atom is 0.336 e. The van der Waals surface area contributed by atoms with E-state index in [-0.39, 0.29) is 24.3 Å². The van der Waals surface area contributed by atoms with Crippen LogP contribution in [0.25, 0.3) is 0 Å². The Balaban J connectivity index is 0.000000379. The van der Waals surface area contributed by atoms with Gasteiger partial charge in [0.2, 0.25) is 0 Å². The quantitative estimate of drug-likeness (QED) is 0.374. The van der Waals surface area contributed by atoms with Crippen molar-refractivity contribution in [1.29, 1.82) is 0 Å². The number of para-hydroxylation sites is 1. The molecule has 2 aliphatic rings. The molecule has 1 heterocycles. The van der Waals surface area contributed by atoms with Crippen LogP contribution in [0.4, 0.5) is 0 Å². The fourth-order valence-electron chi connectivity index (χ4n) is 4.90. The number of phenols is 1. The zero-order valence-electron chi connectivity index (χ0n) is 22.9. The van der Waals surface area contributed by atoms with Gasteiger partial charge in [-0.1, -0.05) is 60.2 Å². The molecule has 0 radical (unpaired) electrons. The summed E-state index contributed by atoms with van der Waals surface area (Å²) in [5.41, 5.74) is 7.09. The van der Waals surface area contributed by atoms with Crippen molar-refractivity contribution < 1.29 is 24.2 Å². The van der Waals surface area contributed by atoms with E-state index in [0.29, 0.717) is 36.2 Å². The predicted molar refractivity (Wildman–Crippen MR) is 151 cm³/mol. The van der Waals surface area contributed by atoms with E-state index < -0.39 is 0 Å². The normalized spacial score (nSPS) is 16.5. The third kappa shape index (κ3) is 6.96. The number of dihydropyridines is 1. The highest BCUT2D eigenvalue weighted by molar-refractivity contribution is 6.01. The second-order valence-corrected chi connectivity index (χ2v) is 10.0. The molecule has 0 spiro atoms. The number of ketones is 1. The molecule has 0 bridgehead atoms. The van der Waals surface area contributed by atoms with E-state index >= 15 is 0 Å². The molecule has 1 aliphatic heterocycles. The number of hydrogen-bond donors (Lipinski definition) is 2. The van der Waals surface area contributed by atoms with Crippen LogP contribution in [-0.2, 0) is 20.9 Å². The van der Waals surface area contributed by atoms with Crippen LogP contribution in [0.3, 0.4) is 0 Å². The van der Waals surface area contributed by atoms with Crippen molar-refractivity contribution in [2.45, 2.75) is 52.6 Å². The highest BCUT2D eigenvalue weighted by Gasteiger charge is 2.34. The molecule has 0 amide bonds. The van der Waals surface area contributed by atoms with Gasteiger partial charge < -0.3 is 19.9 Å². The Morgan fingerprint density at radius 2 is 1.69 bits per heavy atom. The minimum Gasteiger partial charge on any atom is -0.508 e. The van der Waals surface area contributed by atoms with Crippen LogP contribution in [0.5, 0.6) is 11.5 Å². The van der Waals surface area contributed by atoms with Crippen LogP contribution in [0.2, 0.25) is 0 Å². The van der Waals surface area contributed by atoms with E-state index in [0.717, 1.165) is 39.4 Å². The first-order valence-electron chi connectivity index (χ1n) is 13.1. The van der Waals surface area contributed by atoms with Gasteiger partial charge in [0.25, 0.3) is 0 Å². The Bertz CT molecular complexity index is 1400. The van der Waals surface area contributed by atoms with Gasteiger partial charge in [-0.15, -0.1) is 0 Å². The number of Topliss-reactive ketones (excluding diaryl/α,β-unsaturated/α-hetero) is 1. The number of nitrogens with one attached hydrogen (secondary N) is 1. The number of aryl methyl sites for hydroxylation is 2. The Morgan fingerprint density at radius 3 is 2.36 bits per heavy atom. The lowest BCUT2D eigenvalue weighted by molar-refractivity contribution is -0.140. The Labute approximate surface area is 230 Å². The number of hydrogen-bond acceptors (Lipinski definition) is 6. The van der Waals surface area contributed by atoms with Crippen molar-refractivity contribution in [3.05, 3.63) is 118 Å². The summed E-state index contributed by atoms with van der Waals surface area (Å²) in [6, 6.07) is 22.9. The van der Waals surface area contributed by atoms with Gasteiger partial charge in [0, 0.05) is 35.7 Å². The summed E-state index contributed by atoms with van der Waals surface area (Å²) < 4.78 is 11.0. The van der Waals surface area contributed by atoms with Crippen LogP contribution in [0, 0.1) is 13.8 Å². The first kappa shape index (κ1) is 27.7. The van der Waals surface area contributed by atoms with Crippen molar-refractivity contribution in [3.63, 3.8) is 0 Å². The van der Waals surface area contributed by atoms with E-state index in [1.54, 1.807) is 19.2 Å². The van der Waals surface area contributed by atoms with E-state index in [1.165, 1.54) is 0 Å². The van der Waals surface area contributed by atoms with Gasteiger partial charge >= 0.3 is 5.97 Å². The van der Waals surface area contributed by atoms with Crippen molar-refractivity contribution in [3.8, 4) is 11.5 Å². The number of methoxy groups -OCH3 is 1. The number of aromatic hydroxyl groups is 1. The van der Waals surface area contributed by atoms with E-state index in [1.807, 2.05) is 81.4 Å². The molecule has 6 heteroatoms. The number of benzene rings is 3. The molecule has 0 saturated heterocycles. The molecule has 3 aromatic carbocycles. The zero-order chi connectivity index (χ0) is 27.9. The van der Waals surface area contributed by atoms with Gasteiger partial charge in [0.05, 0.1) is 12.7 Å². The van der Waals surface area contributed by atoms with Gasteiger partial charge in [-0.25, -0.2) is 4.79 Å². The molecule has 6 nitrogen and oxygen atoms in total. The maximum atomic E-state index is 13.0. The Hall–Kier alpha value is -4.32. The molecule has 0 unspecified atom stereocenters. The second kappa shape index (κ2) is 12.5. The number of rotatable bonds is 5. The third-order valence-corrected chi connectivity index (χ3v) is 7.05. The van der Waals surface area contributed by atoms with E-state index in [2.05, 4.69) is 5.32 Å². The lowest BCUT2D eigenvalue weighted by atomic mass is 9.78. The van der Waals surface area contributed by atoms with Crippen LogP contribution < -0.4 is 10.1 Å². The molecule has 0 fully saturated rings. The van der Waals surface area contributed by atoms with E-state index in [4.69, 9.17) is 14.6 Å². The third-order valence-electron chi connectivity index (χ3n) is 7.05. The van der Waals surface area contributed by atoms with Gasteiger partial charge in [-0.3, -0.25) is 4.79 Å². The summed E-state index contributed by atoms with van der Waals surface area (Å²) in [6.07, 6.45) is 1.44. The predicted octanol–water partition coefficient (Wildman–Crippen LogP) is 6.42. The second-order valence-electron chi connectivity index (χ2n) is 10.0. The summed E-state index contributed by atoms with van der Waals surface area (Å²) in [5, 5.41) is 12.1. The van der Waals surface area contributed by atoms with Crippen molar-refractivity contribution in [2.24, 2.45) is 0 Å². The molecule has 2 N–H and O–H groups in total. The molecule has 1 aliphatic carbocycles. The number of phenolic OH excluding ortho intramolecular Hbond substituents is 1. The van der Waals surface area contributed by atoms with Gasteiger partial charge in [0.15, 0.2) is 5.78 Å². The summed E-state index contributed by atoms with van der Waals surface area (Å²) in [5.74, 6) is 0.883. The Kier molecular flexibility index (Phi) is 8.87.